The number of carbonyl (C=O) groups excluding carboxylic acids is 2. The van der Waals surface area contributed by atoms with Gasteiger partial charge in [0.15, 0.2) is 25.2 Å². The highest BCUT2D eigenvalue weighted by Crippen LogP contribution is 2.39. The molecule has 5 aliphatic heterocycles. The molecule has 0 aromatic carbocycles. The van der Waals surface area contributed by atoms with E-state index in [1.807, 2.05) is 6.92 Å². The summed E-state index contributed by atoms with van der Waals surface area (Å²) in [5.41, 5.74) is 0. The predicted octanol–water partition coefficient (Wildman–Crippen LogP) is -4.54. The molecule has 21 atom stereocenters. The van der Waals surface area contributed by atoms with Crippen molar-refractivity contribution in [1.82, 2.24) is 10.6 Å². The largest absolute Gasteiger partial charge is 0.394 e. The first-order chi connectivity index (χ1) is 27.0. The van der Waals surface area contributed by atoms with Crippen molar-refractivity contribution in [1.29, 1.82) is 0 Å². The number of hydrogen-bond donors (Lipinski definition) is 8. The summed E-state index contributed by atoms with van der Waals surface area (Å²) in [5, 5.41) is 69.7. The Morgan fingerprint density at radius 1 is 0.772 bits per heavy atom. The van der Waals surface area contributed by atoms with Crippen molar-refractivity contribution in [3.63, 3.8) is 0 Å². The lowest BCUT2D eigenvalue weighted by Gasteiger charge is -2.52. The first-order valence-corrected chi connectivity index (χ1v) is 18.7. The quantitative estimate of drug-likeness (QED) is 0.0570. The predicted molar refractivity (Wildman–Crippen MR) is 183 cm³/mol. The highest BCUT2D eigenvalue weighted by molar-refractivity contribution is 5.73. The highest BCUT2D eigenvalue weighted by Gasteiger charge is 2.59. The van der Waals surface area contributed by atoms with E-state index >= 15 is 0 Å². The summed E-state index contributed by atoms with van der Waals surface area (Å²) in [6.45, 7) is 5.75. The summed E-state index contributed by atoms with van der Waals surface area (Å²) in [6, 6.07) is -2.39. The van der Waals surface area contributed by atoms with E-state index in [1.165, 1.54) is 42.1 Å². The molecule has 0 spiro atoms. The maximum absolute atomic E-state index is 13.0. The van der Waals surface area contributed by atoms with Crippen LogP contribution in [0.5, 0.6) is 0 Å². The fourth-order valence-corrected chi connectivity index (χ4v) is 7.81. The van der Waals surface area contributed by atoms with Gasteiger partial charge in [-0.3, -0.25) is 9.59 Å². The second-order valence-corrected chi connectivity index (χ2v) is 14.7. The fraction of sp³-hybridized carbons (Fsp3) is 0.941. The minimum Gasteiger partial charge on any atom is -0.394 e. The van der Waals surface area contributed by atoms with Crippen molar-refractivity contribution in [3.05, 3.63) is 0 Å². The van der Waals surface area contributed by atoms with Gasteiger partial charge in [0.2, 0.25) is 11.8 Å². The number of amides is 2. The third-order valence-electron chi connectivity index (χ3n) is 10.7. The zero-order valence-electron chi connectivity index (χ0n) is 33.0. The summed E-state index contributed by atoms with van der Waals surface area (Å²) >= 11 is 0. The van der Waals surface area contributed by atoms with E-state index < -0.39 is 148 Å². The Labute approximate surface area is 328 Å². The van der Waals surface area contributed by atoms with E-state index in [2.05, 4.69) is 10.6 Å². The van der Waals surface area contributed by atoms with Crippen LogP contribution in [0.1, 0.15) is 34.6 Å². The molecule has 23 heteroatoms. The van der Waals surface area contributed by atoms with E-state index in [-0.39, 0.29) is 12.5 Å². The number of carbonyl (C=O) groups is 2. The second kappa shape index (κ2) is 19.7. The molecule has 0 saturated carbocycles. The Morgan fingerprint density at radius 2 is 1.39 bits per heavy atom. The van der Waals surface area contributed by atoms with Gasteiger partial charge in [0, 0.05) is 40.9 Å². The summed E-state index contributed by atoms with van der Waals surface area (Å²) in [7, 11) is 3.98. The third-order valence-corrected chi connectivity index (χ3v) is 10.7. The topological polar surface area (TPSA) is 300 Å². The van der Waals surface area contributed by atoms with Crippen molar-refractivity contribution in [2.24, 2.45) is 5.92 Å². The third kappa shape index (κ3) is 10.0. The van der Waals surface area contributed by atoms with Gasteiger partial charge in [-0.05, 0) is 6.92 Å². The van der Waals surface area contributed by atoms with Crippen LogP contribution in [0.3, 0.4) is 0 Å². The van der Waals surface area contributed by atoms with Crippen LogP contribution in [0.25, 0.3) is 0 Å². The molecule has 0 bridgehead atoms. The lowest BCUT2D eigenvalue weighted by Crippen LogP contribution is -2.71. The molecule has 5 aliphatic rings. The summed E-state index contributed by atoms with van der Waals surface area (Å²) in [4.78, 5) is 35.4. The maximum atomic E-state index is 13.0. The van der Waals surface area contributed by atoms with Crippen LogP contribution in [0.4, 0.5) is 0 Å². The van der Waals surface area contributed by atoms with E-state index in [9.17, 15) is 40.2 Å². The lowest BCUT2D eigenvalue weighted by molar-refractivity contribution is -0.532. The minimum absolute atomic E-state index is 0.144. The molecule has 57 heavy (non-hydrogen) atoms. The number of aliphatic hydroxyl groups excluding tert-OH is 6. The van der Waals surface area contributed by atoms with Crippen LogP contribution in [-0.2, 0) is 71.5 Å². The van der Waals surface area contributed by atoms with Crippen LogP contribution in [0.15, 0.2) is 0 Å². The standard InChI is InChI=1S/C34H58N2O21/c1-12-13(2)49-30(19(24(12)45-6)35-14(3)39)53-26-17(10-38)50-31(20(36-15(4)40)28(26)54-33-22(43)21(42)25(52-33)16(41)9-37)55-29-23(44)32(46-7)51-18-11-48-34(5,57-47-8)56-27(18)29/h12-13,16-33,37-38,41-44H,9-11H2,1-8H3,(H,35,39)(H,36,40)/t12-,13-,16+,17?,18-,19?,20?,21+,22-,23?,24?,25?,26-,27-,28+,29?,30+,31+,32+,33?,34?/m0/s1. The van der Waals surface area contributed by atoms with Gasteiger partial charge < -0.3 is 93.4 Å². The molecule has 330 valence electrons. The normalized spacial score (nSPS) is 46.9. The molecular formula is C34H58N2O21. The van der Waals surface area contributed by atoms with Crippen LogP contribution in [0, 0.1) is 5.92 Å². The van der Waals surface area contributed by atoms with Gasteiger partial charge in [-0.15, -0.1) is 0 Å². The molecule has 0 radical (unpaired) electrons. The molecule has 5 heterocycles. The first kappa shape index (κ1) is 46.2. The van der Waals surface area contributed by atoms with Gasteiger partial charge in [0.05, 0.1) is 39.1 Å². The van der Waals surface area contributed by atoms with Gasteiger partial charge in [0.25, 0.3) is 0 Å². The van der Waals surface area contributed by atoms with Gasteiger partial charge in [-0.1, -0.05) is 6.92 Å². The van der Waals surface area contributed by atoms with E-state index in [0.717, 1.165) is 0 Å². The monoisotopic (exact) mass is 830 g/mol. The zero-order valence-corrected chi connectivity index (χ0v) is 33.0. The van der Waals surface area contributed by atoms with Gasteiger partial charge in [-0.25, -0.2) is 4.89 Å². The number of methoxy groups -OCH3 is 2. The molecule has 9 unspecified atom stereocenters. The number of nitrogens with one attached hydrogen (secondary N) is 2. The number of hydrogen-bond acceptors (Lipinski definition) is 21. The van der Waals surface area contributed by atoms with Gasteiger partial charge >= 0.3 is 5.97 Å². The summed E-state index contributed by atoms with van der Waals surface area (Å²) in [6.07, 6.45) is -23.3. The lowest BCUT2D eigenvalue weighted by atomic mass is 9.89. The van der Waals surface area contributed by atoms with Gasteiger partial charge in [0.1, 0.15) is 79.2 Å². The van der Waals surface area contributed by atoms with Crippen LogP contribution < -0.4 is 10.6 Å². The van der Waals surface area contributed by atoms with Crippen molar-refractivity contribution in [3.8, 4) is 0 Å². The molecule has 0 aliphatic carbocycles. The average molecular weight is 831 g/mol. The van der Waals surface area contributed by atoms with Crippen molar-refractivity contribution in [2.45, 2.75) is 157 Å². The molecule has 0 aromatic heterocycles. The molecule has 8 N–H and O–H groups in total. The summed E-state index contributed by atoms with van der Waals surface area (Å²) < 4.78 is 66.3. The zero-order chi connectivity index (χ0) is 41.9. The SMILES string of the molecule is COOC1(C)OC[C@@H]2O[C@@H](OC)C(O)C(O[C@H]3OC(CO)[C@H](O[C@H]4O[C@@H](C)[C@H](C)C(OC)C4NC(C)=O)[C@H](OC4OC([C@H](O)CO)[C@H](O)[C@@H]4O)C3NC(C)=O)[C@H]2O1. The molecule has 5 saturated heterocycles. The van der Waals surface area contributed by atoms with E-state index in [1.54, 1.807) is 6.92 Å². The molecule has 5 fully saturated rings. The second-order valence-electron chi connectivity index (χ2n) is 14.7. The Balaban J connectivity index is 1.56. The molecule has 0 aromatic rings. The van der Waals surface area contributed by atoms with Gasteiger partial charge in [-0.2, -0.15) is 4.89 Å². The number of fused-ring (bicyclic) bond motifs is 1. The first-order valence-electron chi connectivity index (χ1n) is 18.7. The van der Waals surface area contributed by atoms with E-state index in [0.29, 0.717) is 0 Å². The number of aliphatic hydroxyl groups is 6. The fourth-order valence-electron chi connectivity index (χ4n) is 7.81. The Hall–Kier alpha value is -1.82. The van der Waals surface area contributed by atoms with Crippen LogP contribution >= 0.6 is 0 Å². The average Bonchev–Trinajstić information content (AvgIpc) is 3.44. The smallest absolute Gasteiger partial charge is 0.309 e. The number of rotatable bonds is 15. The van der Waals surface area contributed by atoms with E-state index in [4.69, 9.17) is 61.9 Å². The Bertz CT molecular complexity index is 1320. The van der Waals surface area contributed by atoms with Crippen LogP contribution in [-0.4, -0.2) is 206 Å². The highest BCUT2D eigenvalue weighted by atomic mass is 17.3. The van der Waals surface area contributed by atoms with Crippen molar-refractivity contribution < 1.29 is 102 Å². The molecule has 2 amide bonds. The van der Waals surface area contributed by atoms with Crippen LogP contribution in [0.2, 0.25) is 0 Å². The summed E-state index contributed by atoms with van der Waals surface area (Å²) in [5.74, 6) is -3.13. The minimum atomic E-state index is -1.82. The number of ether oxygens (including phenoxy) is 11. The molecule has 23 nitrogen and oxygen atoms in total. The Morgan fingerprint density at radius 3 is 1.96 bits per heavy atom. The molecule has 5 rings (SSSR count). The van der Waals surface area contributed by atoms with Crippen molar-refractivity contribution >= 4 is 11.8 Å². The van der Waals surface area contributed by atoms with Crippen molar-refractivity contribution in [2.75, 3.05) is 41.2 Å². The Kier molecular flexibility index (Phi) is 16.0. The maximum Gasteiger partial charge on any atom is 0.309 e. The molecular weight excluding hydrogens is 772 g/mol.